The summed E-state index contributed by atoms with van der Waals surface area (Å²) < 4.78 is 0. The van der Waals surface area contributed by atoms with E-state index >= 15 is 0 Å². The Hall–Kier alpha value is -0.860. The Morgan fingerprint density at radius 1 is 1.10 bits per heavy atom. The molecule has 110 valence electrons. The predicted octanol–water partition coefficient (Wildman–Crippen LogP) is 3.34. The van der Waals surface area contributed by atoms with Gasteiger partial charge in [0, 0.05) is 12.6 Å². The summed E-state index contributed by atoms with van der Waals surface area (Å²) in [7, 11) is 2.20. The molecule has 2 nitrogen and oxygen atoms in total. The van der Waals surface area contributed by atoms with Crippen molar-refractivity contribution < 1.29 is 5.11 Å². The minimum absolute atomic E-state index is 0.118. The maximum atomic E-state index is 10.2. The molecule has 3 unspecified atom stereocenters. The molecule has 3 atom stereocenters. The first-order valence-corrected chi connectivity index (χ1v) is 8.22. The number of hydrogen-bond acceptors (Lipinski definition) is 2. The second kappa shape index (κ2) is 6.28. The first kappa shape index (κ1) is 14.1. The largest absolute Gasteiger partial charge is 0.391 e. The lowest BCUT2D eigenvalue weighted by Crippen LogP contribution is -2.45. The lowest BCUT2D eigenvalue weighted by Gasteiger charge is -2.38. The zero-order valence-corrected chi connectivity index (χ0v) is 12.6. The summed E-state index contributed by atoms with van der Waals surface area (Å²) >= 11 is 0. The summed E-state index contributed by atoms with van der Waals surface area (Å²) in [4.78, 5) is 2.43. The van der Waals surface area contributed by atoms with Gasteiger partial charge in [-0.2, -0.15) is 0 Å². The second-order valence-electron chi connectivity index (χ2n) is 6.65. The van der Waals surface area contributed by atoms with E-state index in [0.717, 1.165) is 19.4 Å². The van der Waals surface area contributed by atoms with Gasteiger partial charge in [0.05, 0.1) is 6.10 Å². The molecule has 0 aromatic heterocycles. The molecular formula is C18H27NO. The van der Waals surface area contributed by atoms with E-state index in [1.807, 2.05) is 0 Å². The Kier molecular flexibility index (Phi) is 4.42. The SMILES string of the molecule is CN(CC1CCCc2ccccc21)C1CCCCC1O. The van der Waals surface area contributed by atoms with Crippen molar-refractivity contribution in [3.63, 3.8) is 0 Å². The van der Waals surface area contributed by atoms with Crippen LogP contribution in [0, 0.1) is 0 Å². The molecular weight excluding hydrogens is 246 g/mol. The van der Waals surface area contributed by atoms with Crippen LogP contribution in [0.2, 0.25) is 0 Å². The van der Waals surface area contributed by atoms with Gasteiger partial charge in [-0.3, -0.25) is 0 Å². The summed E-state index contributed by atoms with van der Waals surface area (Å²) in [6.45, 7) is 1.10. The maximum Gasteiger partial charge on any atom is 0.0695 e. The van der Waals surface area contributed by atoms with Crippen molar-refractivity contribution >= 4 is 0 Å². The van der Waals surface area contributed by atoms with Crippen LogP contribution in [0.15, 0.2) is 24.3 Å². The topological polar surface area (TPSA) is 23.5 Å². The predicted molar refractivity (Wildman–Crippen MR) is 83.0 cm³/mol. The smallest absolute Gasteiger partial charge is 0.0695 e. The number of aliphatic hydroxyl groups excluding tert-OH is 1. The average molecular weight is 273 g/mol. The summed E-state index contributed by atoms with van der Waals surface area (Å²) in [6, 6.07) is 9.31. The number of nitrogens with zero attached hydrogens (tertiary/aromatic N) is 1. The van der Waals surface area contributed by atoms with E-state index < -0.39 is 0 Å². The maximum absolute atomic E-state index is 10.2. The van der Waals surface area contributed by atoms with E-state index in [1.54, 1.807) is 11.1 Å². The molecule has 0 amide bonds. The Balaban J connectivity index is 1.69. The van der Waals surface area contributed by atoms with Gasteiger partial charge in [0.15, 0.2) is 0 Å². The Morgan fingerprint density at radius 3 is 2.75 bits per heavy atom. The summed E-state index contributed by atoms with van der Waals surface area (Å²) in [5.41, 5.74) is 3.09. The molecule has 0 aliphatic heterocycles. The zero-order valence-electron chi connectivity index (χ0n) is 12.6. The first-order chi connectivity index (χ1) is 9.75. The summed E-state index contributed by atoms with van der Waals surface area (Å²) in [5.74, 6) is 0.652. The Labute approximate surface area is 122 Å². The zero-order chi connectivity index (χ0) is 13.9. The van der Waals surface area contributed by atoms with Crippen molar-refractivity contribution in [3.05, 3.63) is 35.4 Å². The Morgan fingerprint density at radius 2 is 1.90 bits per heavy atom. The summed E-state index contributed by atoms with van der Waals surface area (Å²) in [6.07, 6.45) is 8.33. The van der Waals surface area contributed by atoms with E-state index in [4.69, 9.17) is 0 Å². The normalized spacial score (nSPS) is 30.2. The standard InChI is InChI=1S/C18H27NO/c1-19(17-11-4-5-12-18(17)20)13-15-9-6-8-14-7-2-3-10-16(14)15/h2-3,7,10,15,17-18,20H,4-6,8-9,11-13H2,1H3. The van der Waals surface area contributed by atoms with Gasteiger partial charge in [-0.15, -0.1) is 0 Å². The molecule has 2 heteroatoms. The van der Waals surface area contributed by atoms with Gasteiger partial charge in [-0.25, -0.2) is 0 Å². The highest BCUT2D eigenvalue weighted by atomic mass is 16.3. The molecule has 0 bridgehead atoms. The monoisotopic (exact) mass is 273 g/mol. The number of aliphatic hydroxyl groups is 1. The highest BCUT2D eigenvalue weighted by Crippen LogP contribution is 2.33. The van der Waals surface area contributed by atoms with Crippen LogP contribution in [0.25, 0.3) is 0 Å². The van der Waals surface area contributed by atoms with Crippen LogP contribution >= 0.6 is 0 Å². The van der Waals surface area contributed by atoms with E-state index in [1.165, 1.54) is 32.1 Å². The van der Waals surface area contributed by atoms with E-state index in [9.17, 15) is 5.11 Å². The fourth-order valence-corrected chi connectivity index (χ4v) is 4.13. The van der Waals surface area contributed by atoms with Crippen LogP contribution in [0.1, 0.15) is 55.6 Å². The molecule has 1 aromatic carbocycles. The molecule has 20 heavy (non-hydrogen) atoms. The quantitative estimate of drug-likeness (QED) is 0.913. The molecule has 1 aromatic rings. The number of benzene rings is 1. The lowest BCUT2D eigenvalue weighted by atomic mass is 9.82. The first-order valence-electron chi connectivity index (χ1n) is 8.22. The average Bonchev–Trinajstić information content (AvgIpc) is 2.48. The number of rotatable bonds is 3. The van der Waals surface area contributed by atoms with Gasteiger partial charge in [0.25, 0.3) is 0 Å². The van der Waals surface area contributed by atoms with Gasteiger partial charge < -0.3 is 10.0 Å². The highest BCUT2D eigenvalue weighted by molar-refractivity contribution is 5.32. The van der Waals surface area contributed by atoms with E-state index in [2.05, 4.69) is 36.2 Å². The van der Waals surface area contributed by atoms with Crippen LogP contribution in [-0.2, 0) is 6.42 Å². The minimum atomic E-state index is -0.118. The second-order valence-corrected chi connectivity index (χ2v) is 6.65. The number of fused-ring (bicyclic) bond motifs is 1. The number of likely N-dealkylation sites (N-methyl/N-ethyl adjacent to an activating group) is 1. The molecule has 2 aliphatic carbocycles. The molecule has 0 radical (unpaired) electrons. The van der Waals surface area contributed by atoms with Gasteiger partial charge in [-0.05, 0) is 56.2 Å². The van der Waals surface area contributed by atoms with Gasteiger partial charge in [0.2, 0.25) is 0 Å². The number of hydrogen-bond donors (Lipinski definition) is 1. The highest BCUT2D eigenvalue weighted by Gasteiger charge is 2.29. The van der Waals surface area contributed by atoms with Crippen molar-refractivity contribution in [1.82, 2.24) is 4.90 Å². The molecule has 1 N–H and O–H groups in total. The fourth-order valence-electron chi connectivity index (χ4n) is 4.13. The lowest BCUT2D eigenvalue weighted by molar-refractivity contribution is 0.0290. The molecule has 1 fully saturated rings. The molecule has 3 rings (SSSR count). The number of aryl methyl sites for hydroxylation is 1. The summed E-state index contributed by atoms with van der Waals surface area (Å²) in [5, 5.41) is 10.2. The van der Waals surface area contributed by atoms with Crippen LogP contribution in [-0.4, -0.2) is 35.7 Å². The van der Waals surface area contributed by atoms with Crippen molar-refractivity contribution in [3.8, 4) is 0 Å². The third-order valence-electron chi connectivity index (χ3n) is 5.26. The van der Waals surface area contributed by atoms with Gasteiger partial charge in [-0.1, -0.05) is 37.1 Å². The van der Waals surface area contributed by atoms with E-state index in [0.29, 0.717) is 12.0 Å². The van der Waals surface area contributed by atoms with Crippen LogP contribution < -0.4 is 0 Å². The van der Waals surface area contributed by atoms with Crippen molar-refractivity contribution in [2.75, 3.05) is 13.6 Å². The van der Waals surface area contributed by atoms with Gasteiger partial charge >= 0.3 is 0 Å². The molecule has 0 heterocycles. The van der Waals surface area contributed by atoms with Gasteiger partial charge in [0.1, 0.15) is 0 Å². The third-order valence-corrected chi connectivity index (χ3v) is 5.26. The molecule has 1 saturated carbocycles. The molecule has 2 aliphatic rings. The van der Waals surface area contributed by atoms with Crippen LogP contribution in [0.4, 0.5) is 0 Å². The van der Waals surface area contributed by atoms with Crippen LogP contribution in [0.3, 0.4) is 0 Å². The minimum Gasteiger partial charge on any atom is -0.391 e. The molecule has 0 spiro atoms. The fraction of sp³-hybridized carbons (Fsp3) is 0.667. The Bertz CT molecular complexity index is 445. The van der Waals surface area contributed by atoms with Crippen molar-refractivity contribution in [1.29, 1.82) is 0 Å². The van der Waals surface area contributed by atoms with E-state index in [-0.39, 0.29) is 6.10 Å². The molecule has 0 saturated heterocycles. The van der Waals surface area contributed by atoms with Crippen molar-refractivity contribution in [2.45, 2.75) is 63.0 Å². The third kappa shape index (κ3) is 2.91. The van der Waals surface area contributed by atoms with Crippen LogP contribution in [0.5, 0.6) is 0 Å². The van der Waals surface area contributed by atoms with Crippen molar-refractivity contribution in [2.24, 2.45) is 0 Å².